The van der Waals surface area contributed by atoms with Crippen LogP contribution in [0.1, 0.15) is 0 Å². The van der Waals surface area contributed by atoms with Crippen LogP contribution >= 0.6 is 0 Å². The van der Waals surface area contributed by atoms with Crippen molar-refractivity contribution in [3.8, 4) is 0 Å². The third kappa shape index (κ3) is 2.20. The van der Waals surface area contributed by atoms with Gasteiger partial charge in [0, 0.05) is 6.54 Å². The van der Waals surface area contributed by atoms with Gasteiger partial charge >= 0.3 is 6.09 Å². The summed E-state index contributed by atoms with van der Waals surface area (Å²) in [5.74, 6) is 0. The van der Waals surface area contributed by atoms with Gasteiger partial charge in [-0.05, 0) is 0 Å². The van der Waals surface area contributed by atoms with Crippen LogP contribution in [-0.2, 0) is 4.74 Å². The zero-order valence-electron chi connectivity index (χ0n) is 5.46. The SMILES string of the molecule is O=C(O)NC1COCCN1. The molecule has 0 spiro atoms. The summed E-state index contributed by atoms with van der Waals surface area (Å²) >= 11 is 0. The third-order valence-corrected chi connectivity index (χ3v) is 1.22. The van der Waals surface area contributed by atoms with E-state index in [0.717, 1.165) is 0 Å². The van der Waals surface area contributed by atoms with Crippen LogP contribution in [0.25, 0.3) is 0 Å². The lowest BCUT2D eigenvalue weighted by Gasteiger charge is -2.23. The van der Waals surface area contributed by atoms with Gasteiger partial charge in [0.2, 0.25) is 0 Å². The van der Waals surface area contributed by atoms with Gasteiger partial charge in [-0.2, -0.15) is 0 Å². The highest BCUT2D eigenvalue weighted by Gasteiger charge is 2.13. The van der Waals surface area contributed by atoms with Crippen LogP contribution < -0.4 is 10.6 Å². The van der Waals surface area contributed by atoms with Gasteiger partial charge in [0.25, 0.3) is 0 Å². The third-order valence-electron chi connectivity index (χ3n) is 1.22. The van der Waals surface area contributed by atoms with Crippen molar-refractivity contribution in [2.75, 3.05) is 19.8 Å². The quantitative estimate of drug-likeness (QED) is 0.453. The number of hydrogen-bond donors (Lipinski definition) is 3. The van der Waals surface area contributed by atoms with Crippen molar-refractivity contribution in [3.63, 3.8) is 0 Å². The van der Waals surface area contributed by atoms with Crippen molar-refractivity contribution in [1.29, 1.82) is 0 Å². The molecule has 0 aromatic carbocycles. The number of ether oxygens (including phenoxy) is 1. The Morgan fingerprint density at radius 1 is 1.80 bits per heavy atom. The van der Waals surface area contributed by atoms with Crippen LogP contribution in [0.15, 0.2) is 0 Å². The molecular weight excluding hydrogens is 136 g/mol. The Morgan fingerprint density at radius 3 is 3.10 bits per heavy atom. The van der Waals surface area contributed by atoms with E-state index in [9.17, 15) is 4.79 Å². The lowest BCUT2D eigenvalue weighted by molar-refractivity contribution is 0.0652. The second-order valence-corrected chi connectivity index (χ2v) is 2.03. The maximum atomic E-state index is 10.1. The summed E-state index contributed by atoms with van der Waals surface area (Å²) in [4.78, 5) is 10.1. The first-order chi connectivity index (χ1) is 4.79. The van der Waals surface area contributed by atoms with Crippen LogP contribution in [0.2, 0.25) is 0 Å². The van der Waals surface area contributed by atoms with Crippen molar-refractivity contribution in [1.82, 2.24) is 10.6 Å². The highest BCUT2D eigenvalue weighted by molar-refractivity contribution is 5.64. The van der Waals surface area contributed by atoms with E-state index in [2.05, 4.69) is 10.6 Å². The Kier molecular flexibility index (Phi) is 2.47. The van der Waals surface area contributed by atoms with E-state index in [1.54, 1.807) is 0 Å². The van der Waals surface area contributed by atoms with Crippen LogP contribution in [0.5, 0.6) is 0 Å². The lowest BCUT2D eigenvalue weighted by Crippen LogP contribution is -2.52. The van der Waals surface area contributed by atoms with E-state index < -0.39 is 6.09 Å². The molecule has 3 N–H and O–H groups in total. The number of rotatable bonds is 1. The first-order valence-corrected chi connectivity index (χ1v) is 3.09. The van der Waals surface area contributed by atoms with Crippen LogP contribution in [0.3, 0.4) is 0 Å². The Hall–Kier alpha value is -0.810. The Labute approximate surface area is 58.4 Å². The molecule has 1 amide bonds. The maximum absolute atomic E-state index is 10.1. The minimum atomic E-state index is -1.02. The summed E-state index contributed by atoms with van der Waals surface area (Å²) in [7, 11) is 0. The minimum absolute atomic E-state index is 0.244. The summed E-state index contributed by atoms with van der Waals surface area (Å²) in [5.41, 5.74) is 0. The predicted octanol–water partition coefficient (Wildman–Crippen LogP) is -0.800. The fourth-order valence-electron chi connectivity index (χ4n) is 0.807. The Morgan fingerprint density at radius 2 is 2.60 bits per heavy atom. The number of carboxylic acid groups (broad SMARTS) is 1. The number of amides is 1. The first-order valence-electron chi connectivity index (χ1n) is 3.09. The molecular formula is C5H10N2O3. The van der Waals surface area contributed by atoms with Gasteiger partial charge in [-0.15, -0.1) is 0 Å². The Balaban J connectivity index is 2.19. The summed E-state index contributed by atoms with van der Waals surface area (Å²) in [5, 5.41) is 13.5. The van der Waals surface area contributed by atoms with E-state index in [4.69, 9.17) is 9.84 Å². The average molecular weight is 146 g/mol. The highest BCUT2D eigenvalue weighted by Crippen LogP contribution is 1.87. The summed E-state index contributed by atoms with van der Waals surface area (Å²) in [6.45, 7) is 1.76. The number of carbonyl (C=O) groups is 1. The molecule has 10 heavy (non-hydrogen) atoms. The van der Waals surface area contributed by atoms with Gasteiger partial charge in [-0.25, -0.2) is 4.79 Å². The van der Waals surface area contributed by atoms with E-state index in [0.29, 0.717) is 19.8 Å². The average Bonchev–Trinajstić information content (AvgIpc) is 1.88. The summed E-state index contributed by atoms with van der Waals surface area (Å²) < 4.78 is 4.99. The van der Waals surface area contributed by atoms with Crippen molar-refractivity contribution < 1.29 is 14.6 Å². The molecule has 58 valence electrons. The molecule has 5 heteroatoms. The Bertz CT molecular complexity index is 122. The van der Waals surface area contributed by atoms with Crippen LogP contribution in [0, 0.1) is 0 Å². The summed E-state index contributed by atoms with van der Waals surface area (Å²) in [6.07, 6.45) is -1.27. The number of nitrogens with one attached hydrogen (secondary N) is 2. The van der Waals surface area contributed by atoms with E-state index in [-0.39, 0.29) is 6.17 Å². The van der Waals surface area contributed by atoms with Gasteiger partial charge < -0.3 is 15.2 Å². The number of morpholine rings is 1. The first kappa shape index (κ1) is 7.30. The molecule has 0 aromatic rings. The number of hydrogen-bond acceptors (Lipinski definition) is 3. The lowest BCUT2D eigenvalue weighted by atomic mass is 10.4. The molecule has 0 radical (unpaired) electrons. The van der Waals surface area contributed by atoms with Gasteiger partial charge in [0.1, 0.15) is 6.17 Å². The van der Waals surface area contributed by atoms with Crippen molar-refractivity contribution >= 4 is 6.09 Å². The van der Waals surface area contributed by atoms with Gasteiger partial charge in [0.05, 0.1) is 13.2 Å². The highest BCUT2D eigenvalue weighted by atomic mass is 16.5. The molecule has 0 saturated carbocycles. The normalized spacial score (nSPS) is 25.8. The molecule has 1 atom stereocenters. The van der Waals surface area contributed by atoms with E-state index >= 15 is 0 Å². The van der Waals surface area contributed by atoms with Gasteiger partial charge in [0.15, 0.2) is 0 Å². The minimum Gasteiger partial charge on any atom is -0.465 e. The zero-order valence-corrected chi connectivity index (χ0v) is 5.46. The van der Waals surface area contributed by atoms with Crippen molar-refractivity contribution in [3.05, 3.63) is 0 Å². The molecule has 0 bridgehead atoms. The van der Waals surface area contributed by atoms with Gasteiger partial charge in [-0.1, -0.05) is 0 Å². The standard InChI is InChI=1S/C5H10N2O3/c8-5(9)7-4-3-10-2-1-6-4/h4,6-7H,1-3H2,(H,8,9). The predicted molar refractivity (Wildman–Crippen MR) is 33.8 cm³/mol. The fraction of sp³-hybridized carbons (Fsp3) is 0.800. The van der Waals surface area contributed by atoms with Crippen molar-refractivity contribution in [2.45, 2.75) is 6.17 Å². The molecule has 1 rings (SSSR count). The largest absolute Gasteiger partial charge is 0.465 e. The molecule has 0 aromatic heterocycles. The molecule has 1 unspecified atom stereocenters. The molecule has 1 aliphatic heterocycles. The molecule has 1 fully saturated rings. The smallest absolute Gasteiger partial charge is 0.405 e. The second kappa shape index (κ2) is 3.38. The molecule has 1 aliphatic rings. The maximum Gasteiger partial charge on any atom is 0.405 e. The van der Waals surface area contributed by atoms with E-state index in [1.807, 2.05) is 0 Å². The molecule has 0 aliphatic carbocycles. The van der Waals surface area contributed by atoms with Crippen LogP contribution in [0.4, 0.5) is 4.79 Å². The summed E-state index contributed by atoms with van der Waals surface area (Å²) in [6, 6.07) is 0. The molecule has 1 heterocycles. The molecule has 5 nitrogen and oxygen atoms in total. The van der Waals surface area contributed by atoms with Gasteiger partial charge in [-0.3, -0.25) is 5.32 Å². The molecule has 1 saturated heterocycles. The van der Waals surface area contributed by atoms with Crippen molar-refractivity contribution in [2.24, 2.45) is 0 Å². The van der Waals surface area contributed by atoms with E-state index in [1.165, 1.54) is 0 Å². The fourth-order valence-corrected chi connectivity index (χ4v) is 0.807. The monoisotopic (exact) mass is 146 g/mol. The zero-order chi connectivity index (χ0) is 7.40. The topological polar surface area (TPSA) is 70.6 Å². The second-order valence-electron chi connectivity index (χ2n) is 2.03. The van der Waals surface area contributed by atoms with Crippen LogP contribution in [-0.4, -0.2) is 37.1 Å².